The molecule has 2 fully saturated rings. The number of carbonyl (C=O) groups is 1. The molecule has 0 saturated carbocycles. The molecule has 2 bridgehead atoms. The Bertz CT molecular complexity index is 700. The molecule has 5 atom stereocenters. The highest BCUT2D eigenvalue weighted by Gasteiger charge is 2.45. The average molecular weight is 449 g/mol. The third-order valence-electron chi connectivity index (χ3n) is 6.56. The first kappa shape index (κ1) is 26.1. The third kappa shape index (κ3) is 7.15. The van der Waals surface area contributed by atoms with Crippen molar-refractivity contribution in [3.05, 3.63) is 35.9 Å². The molecule has 2 aliphatic heterocycles. The van der Waals surface area contributed by atoms with Gasteiger partial charge in [-0.1, -0.05) is 44.2 Å². The van der Waals surface area contributed by atoms with Crippen LogP contribution in [-0.4, -0.2) is 63.1 Å². The molecule has 3 rings (SSSR count). The Morgan fingerprint density at radius 1 is 1.10 bits per heavy atom. The summed E-state index contributed by atoms with van der Waals surface area (Å²) in [6, 6.07) is 11.4. The maximum absolute atomic E-state index is 13.0. The Morgan fingerprint density at radius 2 is 1.65 bits per heavy atom. The van der Waals surface area contributed by atoms with E-state index in [1.54, 1.807) is 0 Å². The molecule has 0 N–H and O–H groups in total. The van der Waals surface area contributed by atoms with Crippen LogP contribution in [0.2, 0.25) is 0 Å². The summed E-state index contributed by atoms with van der Waals surface area (Å²) in [6.45, 7) is 10.7. The van der Waals surface area contributed by atoms with Crippen LogP contribution in [0.1, 0.15) is 65.9 Å². The van der Waals surface area contributed by atoms with E-state index in [1.807, 2.05) is 32.8 Å². The van der Waals surface area contributed by atoms with Crippen molar-refractivity contribution in [1.82, 2.24) is 9.80 Å². The van der Waals surface area contributed by atoms with Crippen molar-refractivity contribution in [2.75, 3.05) is 26.4 Å². The molecule has 31 heavy (non-hydrogen) atoms. The van der Waals surface area contributed by atoms with Gasteiger partial charge in [-0.05, 0) is 84.4 Å². The van der Waals surface area contributed by atoms with E-state index < -0.39 is 10.8 Å². The summed E-state index contributed by atoms with van der Waals surface area (Å²) in [5.41, 5.74) is 1.34. The molecule has 4 nitrogen and oxygen atoms in total. The van der Waals surface area contributed by atoms with Gasteiger partial charge in [0, 0.05) is 33.4 Å². The zero-order valence-corrected chi connectivity index (χ0v) is 21.6. The van der Waals surface area contributed by atoms with E-state index in [2.05, 4.69) is 56.0 Å². The summed E-state index contributed by atoms with van der Waals surface area (Å²) in [7, 11) is 3.07. The van der Waals surface area contributed by atoms with Gasteiger partial charge in [0.05, 0.1) is 6.54 Å². The minimum atomic E-state index is -0.857. The van der Waals surface area contributed by atoms with E-state index in [0.29, 0.717) is 30.5 Å². The van der Waals surface area contributed by atoms with Gasteiger partial charge in [-0.15, -0.1) is 0 Å². The van der Waals surface area contributed by atoms with Gasteiger partial charge in [0.15, 0.2) is 0 Å². The highest BCUT2D eigenvalue weighted by molar-refractivity contribution is 7.86. The molecule has 1 aromatic carbocycles. The molecule has 1 unspecified atom stereocenters. The number of nitrogens with zero attached hydrogens (tertiary/aromatic N) is 2. The lowest BCUT2D eigenvalue weighted by molar-refractivity contribution is -0.137. The average Bonchev–Trinajstić information content (AvgIpc) is 2.98. The normalized spacial score (nSPS) is 25.0. The summed E-state index contributed by atoms with van der Waals surface area (Å²) in [4.78, 5) is 16.9. The predicted molar refractivity (Wildman–Crippen MR) is 133 cm³/mol. The molecule has 1 amide bonds. The van der Waals surface area contributed by atoms with E-state index in [9.17, 15) is 9.00 Å². The fourth-order valence-electron chi connectivity index (χ4n) is 5.09. The zero-order valence-electron chi connectivity index (χ0n) is 20.8. The highest BCUT2D eigenvalue weighted by atomic mass is 32.2. The van der Waals surface area contributed by atoms with Crippen molar-refractivity contribution >= 4 is 16.7 Å². The van der Waals surface area contributed by atoms with Crippen LogP contribution in [0, 0.1) is 11.8 Å². The van der Waals surface area contributed by atoms with Crippen LogP contribution >= 0.6 is 0 Å². The minimum Gasteiger partial charge on any atom is -0.336 e. The summed E-state index contributed by atoms with van der Waals surface area (Å²) in [5, 5.41) is 0. The largest absolute Gasteiger partial charge is 0.336 e. The number of amides is 1. The van der Waals surface area contributed by atoms with Crippen molar-refractivity contribution < 1.29 is 9.00 Å². The first-order valence-electron chi connectivity index (χ1n) is 12.0. The van der Waals surface area contributed by atoms with Crippen molar-refractivity contribution in [2.45, 2.75) is 83.6 Å². The number of piperidine rings is 1. The van der Waals surface area contributed by atoms with E-state index in [-0.39, 0.29) is 10.7 Å². The number of hydrogen-bond donors (Lipinski definition) is 0. The molecule has 0 radical (unpaired) electrons. The van der Waals surface area contributed by atoms with Crippen molar-refractivity contribution in [3.63, 3.8) is 0 Å². The monoisotopic (exact) mass is 448 g/mol. The zero-order chi connectivity index (χ0) is 23.2. The lowest BCUT2D eigenvalue weighted by atomic mass is 9.79. The molecule has 0 aliphatic carbocycles. The Morgan fingerprint density at radius 3 is 2.13 bits per heavy atom. The van der Waals surface area contributed by atoms with Gasteiger partial charge in [0.25, 0.3) is 0 Å². The second-order valence-corrected chi connectivity index (χ2v) is 12.5. The second-order valence-electron chi connectivity index (χ2n) is 10.2. The van der Waals surface area contributed by atoms with Crippen LogP contribution in [0.15, 0.2) is 30.3 Å². The fraction of sp³-hybridized carbons (Fsp3) is 0.731. The van der Waals surface area contributed by atoms with Gasteiger partial charge < -0.3 is 9.80 Å². The first-order valence-corrected chi connectivity index (χ1v) is 13.4. The highest BCUT2D eigenvalue weighted by Crippen LogP contribution is 2.43. The maximum atomic E-state index is 13.0. The summed E-state index contributed by atoms with van der Waals surface area (Å²) in [6.07, 6.45) is 5.36. The van der Waals surface area contributed by atoms with Crippen LogP contribution in [0.5, 0.6) is 0 Å². The third-order valence-corrected chi connectivity index (χ3v) is 8.66. The van der Waals surface area contributed by atoms with E-state index >= 15 is 0 Å². The molecule has 5 heteroatoms. The topological polar surface area (TPSA) is 40.6 Å². The van der Waals surface area contributed by atoms with Gasteiger partial charge in [-0.3, -0.25) is 9.00 Å². The molecular weight excluding hydrogens is 404 g/mol. The standard InChI is InChI=1S/C24H38N2O2S.C2H6/c1-24(2,3)29(28)17-20(13-18-9-7-6-8-10-18)19-14-21-11-12-22(15-19)26(21)23(27)16-25(4)5;1-2/h6-10,19-22H,11-17H2,1-5H3;1-2H3/t19?,20-,21-,22+,29+;/m0./s1. The van der Waals surface area contributed by atoms with Crippen molar-refractivity contribution in [2.24, 2.45) is 11.8 Å². The van der Waals surface area contributed by atoms with Crippen LogP contribution in [0.4, 0.5) is 0 Å². The lowest BCUT2D eigenvalue weighted by Gasteiger charge is -2.42. The molecule has 1 aromatic rings. The van der Waals surface area contributed by atoms with Gasteiger partial charge >= 0.3 is 0 Å². The second kappa shape index (κ2) is 11.6. The Kier molecular flexibility index (Phi) is 9.75. The molecule has 0 aromatic heterocycles. The SMILES string of the molecule is CC.CN(C)CC(=O)N1[C@@H]2CC[C@H]1CC([C@@H](Cc1ccccc1)C[S@@](=O)C(C)(C)C)C2. The smallest absolute Gasteiger partial charge is 0.237 e. The van der Waals surface area contributed by atoms with Crippen LogP contribution in [0.3, 0.4) is 0 Å². The fourth-order valence-corrected chi connectivity index (χ4v) is 6.37. The number of benzene rings is 1. The predicted octanol–water partition coefficient (Wildman–Crippen LogP) is 4.75. The quantitative estimate of drug-likeness (QED) is 0.604. The molecule has 2 heterocycles. The molecule has 2 saturated heterocycles. The van der Waals surface area contributed by atoms with Crippen LogP contribution in [0.25, 0.3) is 0 Å². The molecular formula is C26H44N2O2S. The minimum absolute atomic E-state index is 0.184. The number of fused-ring (bicyclic) bond motifs is 2. The summed E-state index contributed by atoms with van der Waals surface area (Å²) < 4.78 is 12.8. The Balaban J connectivity index is 0.00000166. The first-order chi connectivity index (χ1) is 14.6. The van der Waals surface area contributed by atoms with Gasteiger partial charge in [-0.25, -0.2) is 0 Å². The maximum Gasteiger partial charge on any atom is 0.237 e. The van der Waals surface area contributed by atoms with Crippen molar-refractivity contribution in [1.29, 1.82) is 0 Å². The Labute approximate surface area is 193 Å². The Hall–Kier alpha value is -1.20. The number of hydrogen-bond acceptors (Lipinski definition) is 3. The van der Waals surface area contributed by atoms with E-state index in [1.165, 1.54) is 5.56 Å². The molecule has 0 spiro atoms. The number of likely N-dealkylation sites (N-methyl/N-ethyl adjacent to an activating group) is 1. The molecule has 2 aliphatic rings. The number of rotatable bonds is 7. The molecule has 176 valence electrons. The summed E-state index contributed by atoms with van der Waals surface area (Å²) in [5.74, 6) is 1.99. The van der Waals surface area contributed by atoms with Gasteiger partial charge in [0.1, 0.15) is 0 Å². The van der Waals surface area contributed by atoms with E-state index in [0.717, 1.165) is 37.9 Å². The number of carbonyl (C=O) groups excluding carboxylic acids is 1. The summed E-state index contributed by atoms with van der Waals surface area (Å²) >= 11 is 0. The van der Waals surface area contributed by atoms with Crippen molar-refractivity contribution in [3.8, 4) is 0 Å². The van der Waals surface area contributed by atoms with Gasteiger partial charge in [0.2, 0.25) is 5.91 Å². The van der Waals surface area contributed by atoms with Crippen LogP contribution in [-0.2, 0) is 22.0 Å². The lowest BCUT2D eigenvalue weighted by Crippen LogP contribution is -2.51. The van der Waals surface area contributed by atoms with Crippen LogP contribution < -0.4 is 0 Å². The van der Waals surface area contributed by atoms with Gasteiger partial charge in [-0.2, -0.15) is 0 Å². The van der Waals surface area contributed by atoms with E-state index in [4.69, 9.17) is 0 Å².